The highest BCUT2D eigenvalue weighted by Crippen LogP contribution is 2.41. The number of rotatable bonds is 7. The molecule has 0 aromatic heterocycles. The van der Waals surface area contributed by atoms with Crippen LogP contribution < -0.4 is 11.1 Å². The van der Waals surface area contributed by atoms with Crippen LogP contribution in [-0.4, -0.2) is 38.6 Å². The number of hydrogen-bond acceptors (Lipinski definition) is 3. The molecule has 0 aromatic rings. The Morgan fingerprint density at radius 2 is 2.06 bits per heavy atom. The molecule has 0 atom stereocenters. The van der Waals surface area contributed by atoms with E-state index in [2.05, 4.69) is 5.32 Å². The van der Waals surface area contributed by atoms with E-state index < -0.39 is 24.4 Å². The molecule has 1 aliphatic rings. The summed E-state index contributed by atoms with van der Waals surface area (Å²) in [7, 11) is 1.57. The molecule has 3 N–H and O–H groups in total. The Balaban J connectivity index is 2.55. The van der Waals surface area contributed by atoms with Gasteiger partial charge in [0.25, 0.3) is 5.92 Å². The van der Waals surface area contributed by atoms with Crippen molar-refractivity contribution in [2.75, 3.05) is 26.8 Å². The minimum atomic E-state index is -3.03. The molecule has 0 radical (unpaired) electrons. The van der Waals surface area contributed by atoms with Gasteiger partial charge < -0.3 is 15.8 Å². The fourth-order valence-electron chi connectivity index (χ4n) is 2.41. The topological polar surface area (TPSA) is 64.3 Å². The fraction of sp³-hybridized carbons (Fsp3) is 0.917. The summed E-state index contributed by atoms with van der Waals surface area (Å²) in [5, 5.41) is 2.34. The van der Waals surface area contributed by atoms with Crippen molar-refractivity contribution in [1.82, 2.24) is 5.32 Å². The molecule has 6 heteroatoms. The molecule has 0 aromatic carbocycles. The Morgan fingerprint density at radius 3 is 2.56 bits per heavy atom. The molecule has 0 saturated heterocycles. The Hall–Kier alpha value is -0.750. The Bertz CT molecular complexity index is 279. The molecule has 1 aliphatic carbocycles. The molecule has 0 spiro atoms. The van der Waals surface area contributed by atoms with Gasteiger partial charge in [0.05, 0.1) is 18.5 Å². The minimum Gasteiger partial charge on any atom is -0.385 e. The van der Waals surface area contributed by atoms with Crippen molar-refractivity contribution in [3.63, 3.8) is 0 Å². The maximum atomic E-state index is 13.0. The first-order valence-electron chi connectivity index (χ1n) is 6.31. The highest BCUT2D eigenvalue weighted by molar-refractivity contribution is 5.83. The van der Waals surface area contributed by atoms with Crippen molar-refractivity contribution in [3.05, 3.63) is 0 Å². The third kappa shape index (κ3) is 3.88. The van der Waals surface area contributed by atoms with Crippen LogP contribution in [0.4, 0.5) is 8.78 Å². The molecule has 106 valence electrons. The number of alkyl halides is 2. The van der Waals surface area contributed by atoms with Gasteiger partial charge in [0.15, 0.2) is 0 Å². The lowest BCUT2D eigenvalue weighted by atomic mass is 9.82. The third-order valence-electron chi connectivity index (χ3n) is 3.63. The quantitative estimate of drug-likeness (QED) is 0.728. The number of methoxy groups -OCH3 is 1. The number of amides is 1. The van der Waals surface area contributed by atoms with Gasteiger partial charge in [0, 0.05) is 13.7 Å². The molecule has 18 heavy (non-hydrogen) atoms. The summed E-state index contributed by atoms with van der Waals surface area (Å²) in [6.45, 7) is -0.962. The van der Waals surface area contributed by atoms with Crippen molar-refractivity contribution < 1.29 is 18.3 Å². The van der Waals surface area contributed by atoms with E-state index >= 15 is 0 Å². The van der Waals surface area contributed by atoms with Crippen LogP contribution in [0.15, 0.2) is 0 Å². The average molecular weight is 264 g/mol. The maximum absolute atomic E-state index is 13.0. The van der Waals surface area contributed by atoms with Crippen molar-refractivity contribution in [2.45, 2.75) is 38.0 Å². The number of halogens is 2. The summed E-state index contributed by atoms with van der Waals surface area (Å²) in [6, 6.07) is 0. The van der Waals surface area contributed by atoms with Gasteiger partial charge in [-0.1, -0.05) is 12.8 Å². The zero-order valence-electron chi connectivity index (χ0n) is 10.8. The van der Waals surface area contributed by atoms with Crippen LogP contribution in [0.2, 0.25) is 0 Å². The van der Waals surface area contributed by atoms with E-state index in [1.165, 1.54) is 0 Å². The van der Waals surface area contributed by atoms with E-state index in [4.69, 9.17) is 10.5 Å². The van der Waals surface area contributed by atoms with Crippen LogP contribution in [-0.2, 0) is 9.53 Å². The van der Waals surface area contributed by atoms with E-state index in [0.717, 1.165) is 25.7 Å². The monoisotopic (exact) mass is 264 g/mol. The predicted molar refractivity (Wildman–Crippen MR) is 64.4 cm³/mol. The molecule has 0 unspecified atom stereocenters. The molecular weight excluding hydrogens is 242 g/mol. The van der Waals surface area contributed by atoms with E-state index in [1.54, 1.807) is 7.11 Å². The van der Waals surface area contributed by atoms with Gasteiger partial charge in [-0.3, -0.25) is 4.79 Å². The lowest BCUT2D eigenvalue weighted by Crippen LogP contribution is -2.47. The molecule has 0 bridgehead atoms. The smallest absolute Gasteiger partial charge is 0.277 e. The molecule has 1 saturated carbocycles. The predicted octanol–water partition coefficient (Wildman–Crippen LogP) is 1.29. The molecule has 1 fully saturated rings. The average Bonchev–Trinajstić information content (AvgIpc) is 2.83. The molecule has 4 nitrogen and oxygen atoms in total. The van der Waals surface area contributed by atoms with Gasteiger partial charge in [-0.2, -0.15) is 0 Å². The third-order valence-corrected chi connectivity index (χ3v) is 3.63. The van der Waals surface area contributed by atoms with Crippen molar-refractivity contribution in [2.24, 2.45) is 11.1 Å². The van der Waals surface area contributed by atoms with E-state index in [1.807, 2.05) is 0 Å². The van der Waals surface area contributed by atoms with Gasteiger partial charge in [0.2, 0.25) is 5.91 Å². The Labute approximate surface area is 106 Å². The standard InChI is InChI=1S/C12H22F2N2O2/c1-18-7-6-11(4-2-3-5-11)10(17)16-9-12(13,14)8-15/h2-9,15H2,1H3,(H,16,17). The van der Waals surface area contributed by atoms with Gasteiger partial charge in [0.1, 0.15) is 0 Å². The summed E-state index contributed by atoms with van der Waals surface area (Å²) < 4.78 is 31.0. The highest BCUT2D eigenvalue weighted by atomic mass is 19.3. The number of hydrogen-bond donors (Lipinski definition) is 2. The summed E-state index contributed by atoms with van der Waals surface area (Å²) >= 11 is 0. The van der Waals surface area contributed by atoms with Gasteiger partial charge in [-0.05, 0) is 19.3 Å². The molecular formula is C12H22F2N2O2. The van der Waals surface area contributed by atoms with Crippen LogP contribution in [0.5, 0.6) is 0 Å². The van der Waals surface area contributed by atoms with Crippen LogP contribution in [0.3, 0.4) is 0 Å². The molecule has 1 rings (SSSR count). The number of carbonyl (C=O) groups is 1. The van der Waals surface area contributed by atoms with E-state index in [0.29, 0.717) is 13.0 Å². The zero-order valence-corrected chi connectivity index (χ0v) is 10.8. The second-order valence-corrected chi connectivity index (χ2v) is 4.97. The summed E-state index contributed by atoms with van der Waals surface area (Å²) in [5.41, 5.74) is 4.41. The lowest BCUT2D eigenvalue weighted by molar-refractivity contribution is -0.133. The first-order chi connectivity index (χ1) is 8.46. The SMILES string of the molecule is COCCC1(C(=O)NCC(F)(F)CN)CCCC1. The largest absolute Gasteiger partial charge is 0.385 e. The minimum absolute atomic E-state index is 0.287. The van der Waals surface area contributed by atoms with Crippen LogP contribution >= 0.6 is 0 Å². The van der Waals surface area contributed by atoms with Gasteiger partial charge in [-0.15, -0.1) is 0 Å². The van der Waals surface area contributed by atoms with Crippen LogP contribution in [0.1, 0.15) is 32.1 Å². The van der Waals surface area contributed by atoms with Crippen molar-refractivity contribution in [1.29, 1.82) is 0 Å². The summed E-state index contributed by atoms with van der Waals surface area (Å²) in [4.78, 5) is 12.1. The zero-order chi connectivity index (χ0) is 13.6. The number of nitrogens with two attached hydrogens (primary N) is 1. The number of ether oxygens (including phenoxy) is 1. The number of carbonyl (C=O) groups excluding carboxylic acids is 1. The highest BCUT2D eigenvalue weighted by Gasteiger charge is 2.41. The normalized spacial score (nSPS) is 18.9. The van der Waals surface area contributed by atoms with Gasteiger partial charge >= 0.3 is 0 Å². The first kappa shape index (κ1) is 15.3. The Morgan fingerprint density at radius 1 is 1.44 bits per heavy atom. The lowest BCUT2D eigenvalue weighted by Gasteiger charge is -2.28. The number of nitrogens with one attached hydrogen (secondary N) is 1. The van der Waals surface area contributed by atoms with Crippen molar-refractivity contribution >= 4 is 5.91 Å². The van der Waals surface area contributed by atoms with E-state index in [-0.39, 0.29) is 5.91 Å². The van der Waals surface area contributed by atoms with E-state index in [9.17, 15) is 13.6 Å². The molecule has 0 aliphatic heterocycles. The summed E-state index contributed by atoms with van der Waals surface area (Å²) in [6.07, 6.45) is 4.01. The summed E-state index contributed by atoms with van der Waals surface area (Å²) in [5.74, 6) is -3.32. The maximum Gasteiger partial charge on any atom is 0.277 e. The van der Waals surface area contributed by atoms with Crippen LogP contribution in [0.25, 0.3) is 0 Å². The van der Waals surface area contributed by atoms with Crippen molar-refractivity contribution in [3.8, 4) is 0 Å². The fourth-order valence-corrected chi connectivity index (χ4v) is 2.41. The Kier molecular flexibility index (Phi) is 5.47. The second-order valence-electron chi connectivity index (χ2n) is 4.97. The molecule has 1 amide bonds. The van der Waals surface area contributed by atoms with Crippen LogP contribution in [0, 0.1) is 5.41 Å². The first-order valence-corrected chi connectivity index (χ1v) is 6.31. The van der Waals surface area contributed by atoms with Gasteiger partial charge in [-0.25, -0.2) is 8.78 Å². The second kappa shape index (κ2) is 6.43. The molecule has 0 heterocycles.